The number of rotatable bonds is 4. The van der Waals surface area contributed by atoms with Crippen molar-refractivity contribution in [3.63, 3.8) is 0 Å². The van der Waals surface area contributed by atoms with Crippen molar-refractivity contribution in [2.45, 2.75) is 6.54 Å². The number of methoxy groups -OCH3 is 1. The normalized spacial score (nSPS) is 10.3. The number of nitrogens with one attached hydrogen (secondary N) is 1. The Balaban J connectivity index is 2.21. The van der Waals surface area contributed by atoms with Gasteiger partial charge in [-0.15, -0.1) is 0 Å². The molecule has 2 nitrogen and oxygen atoms in total. The van der Waals surface area contributed by atoms with E-state index in [4.69, 9.17) is 27.9 Å². The minimum absolute atomic E-state index is 0.252. The molecule has 0 aliphatic heterocycles. The fourth-order valence-corrected chi connectivity index (χ4v) is 2.11. The molecule has 0 radical (unpaired) electrons. The first kappa shape index (κ1) is 14.0. The van der Waals surface area contributed by atoms with Crippen LogP contribution in [0.1, 0.15) is 5.56 Å². The van der Waals surface area contributed by atoms with Gasteiger partial charge in [0.15, 0.2) is 0 Å². The van der Waals surface area contributed by atoms with Crippen molar-refractivity contribution in [1.82, 2.24) is 0 Å². The predicted octanol–water partition coefficient (Wildman–Crippen LogP) is 4.75. The monoisotopic (exact) mass is 299 g/mol. The van der Waals surface area contributed by atoms with E-state index < -0.39 is 0 Å². The van der Waals surface area contributed by atoms with E-state index in [0.29, 0.717) is 27.0 Å². The van der Waals surface area contributed by atoms with Gasteiger partial charge in [-0.3, -0.25) is 0 Å². The van der Waals surface area contributed by atoms with E-state index in [2.05, 4.69) is 5.32 Å². The fraction of sp³-hybridized carbons (Fsp3) is 0.143. The molecule has 0 aliphatic carbocycles. The Kier molecular flexibility index (Phi) is 4.51. The highest BCUT2D eigenvalue weighted by Gasteiger charge is 2.08. The third-order valence-corrected chi connectivity index (χ3v) is 3.27. The molecular formula is C14H12Cl2FNO. The zero-order valence-electron chi connectivity index (χ0n) is 10.2. The molecule has 0 fully saturated rings. The number of ether oxygens (including phenoxy) is 1. The summed E-state index contributed by atoms with van der Waals surface area (Å²) in [5.74, 6) is 0.290. The van der Waals surface area contributed by atoms with Crippen LogP contribution in [0.4, 0.5) is 10.1 Å². The lowest BCUT2D eigenvalue weighted by Crippen LogP contribution is -2.04. The van der Waals surface area contributed by atoms with Crippen molar-refractivity contribution in [3.8, 4) is 5.75 Å². The smallest absolute Gasteiger partial charge is 0.142 e. The van der Waals surface area contributed by atoms with Crippen LogP contribution in [0.15, 0.2) is 36.4 Å². The predicted molar refractivity (Wildman–Crippen MR) is 76.7 cm³/mol. The summed E-state index contributed by atoms with van der Waals surface area (Å²) in [5, 5.41) is 4.02. The average molecular weight is 300 g/mol. The molecule has 0 amide bonds. The van der Waals surface area contributed by atoms with Crippen LogP contribution >= 0.6 is 23.2 Å². The van der Waals surface area contributed by atoms with Crippen LogP contribution in [0.2, 0.25) is 10.0 Å². The molecule has 0 heterocycles. The molecule has 100 valence electrons. The van der Waals surface area contributed by atoms with Gasteiger partial charge in [-0.2, -0.15) is 0 Å². The lowest BCUT2D eigenvalue weighted by atomic mass is 10.2. The zero-order valence-corrected chi connectivity index (χ0v) is 11.7. The van der Waals surface area contributed by atoms with E-state index in [-0.39, 0.29) is 12.4 Å². The lowest BCUT2D eigenvalue weighted by molar-refractivity contribution is 0.416. The minimum Gasteiger partial charge on any atom is -0.495 e. The molecule has 0 spiro atoms. The van der Waals surface area contributed by atoms with Gasteiger partial charge in [0.1, 0.15) is 11.6 Å². The maximum atomic E-state index is 13.6. The van der Waals surface area contributed by atoms with E-state index in [9.17, 15) is 4.39 Å². The van der Waals surface area contributed by atoms with Gasteiger partial charge in [0, 0.05) is 22.2 Å². The molecule has 5 heteroatoms. The Morgan fingerprint density at radius 2 is 2.00 bits per heavy atom. The molecule has 2 aromatic carbocycles. The molecular weight excluding hydrogens is 288 g/mol. The summed E-state index contributed by atoms with van der Waals surface area (Å²) >= 11 is 11.9. The van der Waals surface area contributed by atoms with Crippen molar-refractivity contribution in [3.05, 3.63) is 57.8 Å². The molecule has 0 saturated heterocycles. The van der Waals surface area contributed by atoms with E-state index >= 15 is 0 Å². The van der Waals surface area contributed by atoms with Crippen LogP contribution in [-0.4, -0.2) is 7.11 Å². The first-order chi connectivity index (χ1) is 9.11. The molecule has 0 unspecified atom stereocenters. The molecule has 0 saturated carbocycles. The van der Waals surface area contributed by atoms with Crippen LogP contribution in [0, 0.1) is 5.82 Å². The molecule has 1 N–H and O–H groups in total. The zero-order chi connectivity index (χ0) is 13.8. The van der Waals surface area contributed by atoms with Gasteiger partial charge in [0.25, 0.3) is 0 Å². The van der Waals surface area contributed by atoms with Crippen molar-refractivity contribution in [2.75, 3.05) is 12.4 Å². The Bertz CT molecular complexity index is 569. The standard InChI is InChI=1S/C14H12Cl2FNO/c1-19-14-6-5-9(15)7-13(14)18-8-10-11(16)3-2-4-12(10)17/h2-7,18H,8H2,1H3. The van der Waals surface area contributed by atoms with Gasteiger partial charge in [-0.25, -0.2) is 4.39 Å². The summed E-state index contributed by atoms with van der Waals surface area (Å²) in [4.78, 5) is 0. The molecule has 0 aromatic heterocycles. The highest BCUT2D eigenvalue weighted by Crippen LogP contribution is 2.29. The quantitative estimate of drug-likeness (QED) is 0.879. The van der Waals surface area contributed by atoms with Crippen LogP contribution in [0.3, 0.4) is 0 Å². The van der Waals surface area contributed by atoms with E-state index in [1.165, 1.54) is 6.07 Å². The second kappa shape index (κ2) is 6.13. The van der Waals surface area contributed by atoms with Gasteiger partial charge in [0.2, 0.25) is 0 Å². The summed E-state index contributed by atoms with van der Waals surface area (Å²) in [5.41, 5.74) is 1.10. The molecule has 2 rings (SSSR count). The van der Waals surface area contributed by atoms with Crippen molar-refractivity contribution in [1.29, 1.82) is 0 Å². The summed E-state index contributed by atoms with van der Waals surface area (Å²) < 4.78 is 18.8. The maximum Gasteiger partial charge on any atom is 0.142 e. The number of anilines is 1. The molecule has 19 heavy (non-hydrogen) atoms. The fourth-order valence-electron chi connectivity index (χ4n) is 1.70. The lowest BCUT2D eigenvalue weighted by Gasteiger charge is -2.12. The number of halogens is 3. The van der Waals surface area contributed by atoms with Crippen LogP contribution in [-0.2, 0) is 6.54 Å². The molecule has 0 bridgehead atoms. The van der Waals surface area contributed by atoms with Gasteiger partial charge in [-0.1, -0.05) is 29.3 Å². The first-order valence-electron chi connectivity index (χ1n) is 5.62. The second-order valence-corrected chi connectivity index (χ2v) is 4.74. The second-order valence-electron chi connectivity index (χ2n) is 3.90. The average Bonchev–Trinajstić information content (AvgIpc) is 2.38. The third-order valence-electron chi connectivity index (χ3n) is 2.68. The topological polar surface area (TPSA) is 21.3 Å². The summed E-state index contributed by atoms with van der Waals surface area (Å²) in [6.07, 6.45) is 0. The third kappa shape index (κ3) is 3.31. The summed E-state index contributed by atoms with van der Waals surface area (Å²) in [7, 11) is 1.56. The Labute approximate surface area is 121 Å². The highest BCUT2D eigenvalue weighted by molar-refractivity contribution is 6.31. The van der Waals surface area contributed by atoms with Crippen LogP contribution < -0.4 is 10.1 Å². The van der Waals surface area contributed by atoms with Crippen molar-refractivity contribution < 1.29 is 9.13 Å². The first-order valence-corrected chi connectivity index (χ1v) is 6.37. The Morgan fingerprint density at radius 3 is 2.68 bits per heavy atom. The maximum absolute atomic E-state index is 13.6. The van der Waals surface area contributed by atoms with E-state index in [1.54, 1.807) is 37.4 Å². The van der Waals surface area contributed by atoms with Crippen molar-refractivity contribution >= 4 is 28.9 Å². The van der Waals surface area contributed by atoms with Crippen molar-refractivity contribution in [2.24, 2.45) is 0 Å². The highest BCUT2D eigenvalue weighted by atomic mass is 35.5. The van der Waals surface area contributed by atoms with E-state index in [1.807, 2.05) is 0 Å². The summed E-state index contributed by atoms with van der Waals surface area (Å²) in [6, 6.07) is 9.78. The molecule has 0 atom stereocenters. The minimum atomic E-state index is -0.346. The van der Waals surface area contributed by atoms with Gasteiger partial charge < -0.3 is 10.1 Å². The van der Waals surface area contributed by atoms with Crippen LogP contribution in [0.5, 0.6) is 5.75 Å². The molecule has 2 aromatic rings. The van der Waals surface area contributed by atoms with E-state index in [0.717, 1.165) is 0 Å². The summed E-state index contributed by atoms with van der Waals surface area (Å²) in [6.45, 7) is 0.252. The number of hydrogen-bond donors (Lipinski definition) is 1. The number of benzene rings is 2. The largest absolute Gasteiger partial charge is 0.495 e. The van der Waals surface area contributed by atoms with Crippen LogP contribution in [0.25, 0.3) is 0 Å². The molecule has 0 aliphatic rings. The van der Waals surface area contributed by atoms with Gasteiger partial charge >= 0.3 is 0 Å². The van der Waals surface area contributed by atoms with Gasteiger partial charge in [-0.05, 0) is 30.3 Å². The Hall–Kier alpha value is -1.45. The van der Waals surface area contributed by atoms with Gasteiger partial charge in [0.05, 0.1) is 12.8 Å². The SMILES string of the molecule is COc1ccc(Cl)cc1NCc1c(F)cccc1Cl. The number of hydrogen-bond acceptors (Lipinski definition) is 2. The Morgan fingerprint density at radius 1 is 1.21 bits per heavy atom.